The molecule has 6 nitrogen and oxygen atoms in total. The second kappa shape index (κ2) is 7.43. The molecule has 146 valence electrons. The van der Waals surface area contributed by atoms with E-state index in [0.717, 1.165) is 44.1 Å². The van der Waals surface area contributed by atoms with E-state index in [4.69, 9.17) is 9.47 Å². The largest absolute Gasteiger partial charge is 0.486 e. The van der Waals surface area contributed by atoms with E-state index in [1.54, 1.807) is 12.4 Å². The van der Waals surface area contributed by atoms with Crippen LogP contribution in [0.5, 0.6) is 11.5 Å². The average Bonchev–Trinajstić information content (AvgIpc) is 3.06. The van der Waals surface area contributed by atoms with Gasteiger partial charge in [0, 0.05) is 44.6 Å². The number of aromatic nitrogens is 1. The average molecular weight is 379 g/mol. The Morgan fingerprint density at radius 3 is 2.82 bits per heavy atom. The number of fused-ring (bicyclic) bond motifs is 5. The smallest absolute Gasteiger partial charge is 0.255 e. The van der Waals surface area contributed by atoms with Crippen molar-refractivity contribution in [2.75, 3.05) is 32.8 Å². The van der Waals surface area contributed by atoms with Crippen LogP contribution in [0.2, 0.25) is 0 Å². The summed E-state index contributed by atoms with van der Waals surface area (Å²) in [6.07, 6.45) is 5.71. The van der Waals surface area contributed by atoms with E-state index in [1.165, 1.54) is 12.0 Å². The van der Waals surface area contributed by atoms with Crippen molar-refractivity contribution in [3.05, 3.63) is 53.9 Å². The Bertz CT molecular complexity index is 857. The van der Waals surface area contributed by atoms with Crippen LogP contribution >= 0.6 is 0 Å². The number of rotatable bonds is 3. The summed E-state index contributed by atoms with van der Waals surface area (Å²) in [6, 6.07) is 10.3. The first-order chi connectivity index (χ1) is 13.8. The molecule has 2 atom stereocenters. The number of amides is 1. The standard InChI is InChI=1S/C22H25N3O3/c26-22(18-2-1-7-23-11-18)25-14-17-3-5-19(15-25)24(13-17)12-16-4-6-20-21(10-16)28-9-8-27-20/h1-2,4,6-7,10-11,17,19H,3,5,8-9,12-15H2/t17-,19-/m0/s1. The molecule has 0 radical (unpaired) electrons. The van der Waals surface area contributed by atoms with Crippen LogP contribution in [-0.2, 0) is 6.54 Å². The number of carbonyl (C=O) groups is 1. The molecule has 0 saturated carbocycles. The van der Waals surface area contributed by atoms with Crippen LogP contribution < -0.4 is 9.47 Å². The lowest BCUT2D eigenvalue weighted by molar-refractivity contribution is 0.0735. The molecule has 0 aliphatic carbocycles. The number of pyridine rings is 1. The molecule has 4 aliphatic rings. The third-order valence-electron chi connectivity index (χ3n) is 6.01. The summed E-state index contributed by atoms with van der Waals surface area (Å²) in [7, 11) is 0. The minimum atomic E-state index is 0.103. The molecule has 3 saturated heterocycles. The topological polar surface area (TPSA) is 54.9 Å². The minimum absolute atomic E-state index is 0.103. The lowest BCUT2D eigenvalue weighted by Gasteiger charge is -2.36. The lowest BCUT2D eigenvalue weighted by atomic mass is 9.94. The number of nitrogens with zero attached hydrogens (tertiary/aromatic N) is 3. The quantitative estimate of drug-likeness (QED) is 0.821. The van der Waals surface area contributed by atoms with E-state index in [1.807, 2.05) is 23.1 Å². The van der Waals surface area contributed by atoms with Crippen LogP contribution in [0.25, 0.3) is 0 Å². The normalized spacial score (nSPS) is 24.1. The predicted octanol–water partition coefficient (Wildman–Crippen LogP) is 2.59. The molecule has 2 aromatic rings. The summed E-state index contributed by atoms with van der Waals surface area (Å²) in [5, 5.41) is 0. The summed E-state index contributed by atoms with van der Waals surface area (Å²) in [5.41, 5.74) is 1.92. The van der Waals surface area contributed by atoms with E-state index in [0.29, 0.717) is 30.7 Å². The second-order valence-electron chi connectivity index (χ2n) is 7.96. The maximum absolute atomic E-state index is 12.9. The third-order valence-corrected chi connectivity index (χ3v) is 6.01. The molecule has 0 N–H and O–H groups in total. The van der Waals surface area contributed by atoms with Crippen LogP contribution in [0, 0.1) is 5.92 Å². The highest BCUT2D eigenvalue weighted by atomic mass is 16.6. The number of ether oxygens (including phenoxy) is 2. The number of piperidine rings is 1. The molecular weight excluding hydrogens is 354 g/mol. The van der Waals surface area contributed by atoms with Crippen LogP contribution in [-0.4, -0.2) is 59.6 Å². The van der Waals surface area contributed by atoms with Crippen LogP contribution in [0.1, 0.15) is 28.8 Å². The minimum Gasteiger partial charge on any atom is -0.486 e. The molecule has 4 aliphatic heterocycles. The van der Waals surface area contributed by atoms with Crippen molar-refractivity contribution >= 4 is 5.91 Å². The fourth-order valence-electron chi connectivity index (χ4n) is 4.63. The van der Waals surface area contributed by atoms with E-state index >= 15 is 0 Å². The van der Waals surface area contributed by atoms with Gasteiger partial charge in [-0.1, -0.05) is 6.07 Å². The summed E-state index contributed by atoms with van der Waals surface area (Å²) >= 11 is 0. The highest BCUT2D eigenvalue weighted by Crippen LogP contribution is 2.33. The third kappa shape index (κ3) is 3.44. The zero-order chi connectivity index (χ0) is 18.9. The highest BCUT2D eigenvalue weighted by molar-refractivity contribution is 5.94. The summed E-state index contributed by atoms with van der Waals surface area (Å²) < 4.78 is 11.4. The highest BCUT2D eigenvalue weighted by Gasteiger charge is 2.36. The second-order valence-corrected chi connectivity index (χ2v) is 7.96. The molecule has 0 spiro atoms. The first-order valence-electron chi connectivity index (χ1n) is 10.1. The van der Waals surface area contributed by atoms with Gasteiger partial charge in [-0.15, -0.1) is 0 Å². The predicted molar refractivity (Wildman–Crippen MR) is 104 cm³/mol. The van der Waals surface area contributed by atoms with Crippen LogP contribution in [0.3, 0.4) is 0 Å². The SMILES string of the molecule is O=C(c1cccnc1)N1C[C@H]2CC[C@@H](C1)N(Cc1ccc3c(c1)OCCO3)C2. The molecule has 6 rings (SSSR count). The monoisotopic (exact) mass is 379 g/mol. The van der Waals surface area contributed by atoms with Gasteiger partial charge in [-0.2, -0.15) is 0 Å². The molecule has 3 fully saturated rings. The van der Waals surface area contributed by atoms with Gasteiger partial charge in [0.15, 0.2) is 11.5 Å². The molecule has 1 amide bonds. The van der Waals surface area contributed by atoms with Gasteiger partial charge in [0.2, 0.25) is 0 Å². The number of benzene rings is 1. The molecular formula is C22H25N3O3. The molecule has 6 heteroatoms. The lowest BCUT2D eigenvalue weighted by Crippen LogP contribution is -2.43. The molecule has 0 unspecified atom stereocenters. The van der Waals surface area contributed by atoms with E-state index < -0.39 is 0 Å². The Labute approximate surface area is 165 Å². The Hall–Kier alpha value is -2.60. The fourth-order valence-corrected chi connectivity index (χ4v) is 4.63. The Balaban J connectivity index is 1.31. The van der Waals surface area contributed by atoms with Crippen molar-refractivity contribution < 1.29 is 14.3 Å². The van der Waals surface area contributed by atoms with Crippen molar-refractivity contribution in [2.24, 2.45) is 5.92 Å². The van der Waals surface area contributed by atoms with Gasteiger partial charge >= 0.3 is 0 Å². The van der Waals surface area contributed by atoms with Crippen molar-refractivity contribution in [1.82, 2.24) is 14.8 Å². The van der Waals surface area contributed by atoms with E-state index in [9.17, 15) is 4.79 Å². The van der Waals surface area contributed by atoms with Crippen LogP contribution in [0.4, 0.5) is 0 Å². The Kier molecular flexibility index (Phi) is 4.64. The zero-order valence-corrected chi connectivity index (χ0v) is 15.9. The first-order valence-corrected chi connectivity index (χ1v) is 10.1. The maximum atomic E-state index is 12.9. The first kappa shape index (κ1) is 17.5. The van der Waals surface area contributed by atoms with Gasteiger partial charge in [0.1, 0.15) is 13.2 Å². The molecule has 5 heterocycles. The van der Waals surface area contributed by atoms with Gasteiger partial charge in [-0.05, 0) is 48.6 Å². The Morgan fingerprint density at radius 2 is 1.96 bits per heavy atom. The number of carbonyl (C=O) groups excluding carboxylic acids is 1. The summed E-state index contributed by atoms with van der Waals surface area (Å²) in [5.74, 6) is 2.31. The van der Waals surface area contributed by atoms with Gasteiger partial charge in [0.25, 0.3) is 5.91 Å². The van der Waals surface area contributed by atoms with Gasteiger partial charge in [0.05, 0.1) is 5.56 Å². The molecule has 2 bridgehead atoms. The Morgan fingerprint density at radius 1 is 1.07 bits per heavy atom. The van der Waals surface area contributed by atoms with Crippen molar-refractivity contribution in [3.8, 4) is 11.5 Å². The van der Waals surface area contributed by atoms with Gasteiger partial charge < -0.3 is 14.4 Å². The fraction of sp³-hybridized carbons (Fsp3) is 0.455. The van der Waals surface area contributed by atoms with Gasteiger partial charge in [-0.3, -0.25) is 14.7 Å². The van der Waals surface area contributed by atoms with E-state index in [2.05, 4.69) is 22.0 Å². The number of hydrogen-bond acceptors (Lipinski definition) is 5. The number of hydrogen-bond donors (Lipinski definition) is 0. The van der Waals surface area contributed by atoms with E-state index in [-0.39, 0.29) is 5.91 Å². The maximum Gasteiger partial charge on any atom is 0.255 e. The van der Waals surface area contributed by atoms with Crippen molar-refractivity contribution in [2.45, 2.75) is 25.4 Å². The zero-order valence-electron chi connectivity index (χ0n) is 15.9. The van der Waals surface area contributed by atoms with Crippen LogP contribution in [0.15, 0.2) is 42.7 Å². The molecule has 28 heavy (non-hydrogen) atoms. The van der Waals surface area contributed by atoms with Crippen molar-refractivity contribution in [1.29, 1.82) is 0 Å². The summed E-state index contributed by atoms with van der Waals surface area (Å²) in [4.78, 5) is 21.6. The van der Waals surface area contributed by atoms with Gasteiger partial charge in [-0.25, -0.2) is 0 Å². The molecule has 1 aromatic carbocycles. The summed E-state index contributed by atoms with van der Waals surface area (Å²) in [6.45, 7) is 4.76. The van der Waals surface area contributed by atoms with Crippen molar-refractivity contribution in [3.63, 3.8) is 0 Å². The molecule has 1 aromatic heterocycles.